The summed E-state index contributed by atoms with van der Waals surface area (Å²) in [5, 5.41) is 10.3. The van der Waals surface area contributed by atoms with E-state index in [1.54, 1.807) is 6.20 Å². The first-order valence-corrected chi connectivity index (χ1v) is 3.04. The van der Waals surface area contributed by atoms with Gasteiger partial charge in [0.25, 0.3) is 0 Å². The molecule has 9 heavy (non-hydrogen) atoms. The van der Waals surface area contributed by atoms with Crippen molar-refractivity contribution in [1.29, 1.82) is 0 Å². The largest absolute Gasteiger partial charge is 0.288 e. The number of nitrogens with zero attached hydrogens (tertiary/aromatic N) is 1. The van der Waals surface area contributed by atoms with Crippen LogP contribution in [0.4, 0.5) is 0 Å². The predicted molar refractivity (Wildman–Crippen MR) is 36.0 cm³/mol. The molecule has 0 aliphatic carbocycles. The monoisotopic (exact) mass is 125 g/mol. The quantitative estimate of drug-likeness (QED) is 0.530. The highest BCUT2D eigenvalue weighted by Gasteiger charge is 2.06. The molecular weight excluding hydrogens is 114 g/mol. The molecule has 2 nitrogen and oxygen atoms in total. The van der Waals surface area contributed by atoms with Crippen LogP contribution in [0.25, 0.3) is 0 Å². The summed E-state index contributed by atoms with van der Waals surface area (Å²) in [6.07, 6.45) is 5.66. The molecule has 1 aliphatic heterocycles. The van der Waals surface area contributed by atoms with Crippen LogP contribution in [0.15, 0.2) is 23.9 Å². The maximum atomic E-state index is 9.05. The van der Waals surface area contributed by atoms with Gasteiger partial charge >= 0.3 is 0 Å². The fourth-order valence-electron chi connectivity index (χ4n) is 0.748. The summed E-state index contributed by atoms with van der Waals surface area (Å²) in [7, 11) is 0. The van der Waals surface area contributed by atoms with Gasteiger partial charge in [0.15, 0.2) is 0 Å². The fraction of sp³-hybridized carbons (Fsp3) is 0.429. The highest BCUT2D eigenvalue weighted by atomic mass is 16.5. The van der Waals surface area contributed by atoms with Crippen molar-refractivity contribution in [3.05, 3.63) is 23.9 Å². The molecule has 0 saturated carbocycles. The molecular formula is C7H11NO. The lowest BCUT2D eigenvalue weighted by atomic mass is 10.2. The Hall–Kier alpha value is -0.760. The summed E-state index contributed by atoms with van der Waals surface area (Å²) >= 11 is 0. The first kappa shape index (κ1) is 6.36. The molecule has 2 heteroatoms. The summed E-state index contributed by atoms with van der Waals surface area (Å²) in [6, 6.07) is 0.119. The van der Waals surface area contributed by atoms with E-state index in [0.29, 0.717) is 0 Å². The fourth-order valence-corrected chi connectivity index (χ4v) is 0.748. The zero-order valence-corrected chi connectivity index (χ0v) is 5.70. The van der Waals surface area contributed by atoms with Gasteiger partial charge in [-0.3, -0.25) is 10.3 Å². The summed E-state index contributed by atoms with van der Waals surface area (Å²) in [5.74, 6) is 0. The molecule has 0 aromatic carbocycles. The van der Waals surface area contributed by atoms with Crippen LogP contribution in [0.5, 0.6) is 0 Å². The van der Waals surface area contributed by atoms with Crippen molar-refractivity contribution in [2.75, 3.05) is 0 Å². The molecule has 0 saturated heterocycles. The number of hydrogen-bond acceptors (Lipinski definition) is 2. The van der Waals surface area contributed by atoms with Gasteiger partial charge in [0.2, 0.25) is 0 Å². The molecule has 0 aromatic heterocycles. The first-order chi connectivity index (χ1) is 4.20. The average Bonchev–Trinajstić information content (AvgIpc) is 1.80. The van der Waals surface area contributed by atoms with Crippen LogP contribution >= 0.6 is 0 Å². The zero-order valence-electron chi connectivity index (χ0n) is 5.70. The molecule has 1 rings (SSSR count). The van der Waals surface area contributed by atoms with Crippen molar-refractivity contribution in [3.63, 3.8) is 0 Å². The van der Waals surface area contributed by atoms with E-state index in [2.05, 4.69) is 0 Å². The van der Waals surface area contributed by atoms with Gasteiger partial charge in [-0.2, -0.15) is 0 Å². The van der Waals surface area contributed by atoms with Crippen LogP contribution in [0, 0.1) is 0 Å². The van der Waals surface area contributed by atoms with Gasteiger partial charge in [0, 0.05) is 6.20 Å². The zero-order chi connectivity index (χ0) is 6.85. The molecule has 1 heterocycles. The highest BCUT2D eigenvalue weighted by Crippen LogP contribution is 2.09. The Kier molecular flexibility index (Phi) is 1.58. The van der Waals surface area contributed by atoms with Crippen LogP contribution in [0.2, 0.25) is 0 Å². The molecule has 0 aromatic rings. The Labute approximate surface area is 55.1 Å². The maximum absolute atomic E-state index is 9.05. The van der Waals surface area contributed by atoms with E-state index in [-0.39, 0.29) is 6.04 Å². The van der Waals surface area contributed by atoms with Gasteiger partial charge in [-0.1, -0.05) is 12.2 Å². The summed E-state index contributed by atoms with van der Waals surface area (Å²) in [6.45, 7) is 3.88. The van der Waals surface area contributed by atoms with Crippen molar-refractivity contribution >= 4 is 0 Å². The van der Waals surface area contributed by atoms with E-state index in [4.69, 9.17) is 5.21 Å². The van der Waals surface area contributed by atoms with Crippen molar-refractivity contribution < 1.29 is 5.21 Å². The van der Waals surface area contributed by atoms with Crippen LogP contribution in [0.1, 0.15) is 13.8 Å². The molecule has 1 aliphatic rings. The van der Waals surface area contributed by atoms with Crippen LogP contribution in [-0.2, 0) is 0 Å². The summed E-state index contributed by atoms with van der Waals surface area (Å²) in [4.78, 5) is 0. The minimum atomic E-state index is 0.119. The van der Waals surface area contributed by atoms with Crippen molar-refractivity contribution in [1.82, 2.24) is 5.06 Å². The Balaban J connectivity index is 2.70. The molecule has 50 valence electrons. The topological polar surface area (TPSA) is 23.5 Å². The maximum Gasteiger partial charge on any atom is 0.0711 e. The van der Waals surface area contributed by atoms with E-state index in [1.165, 1.54) is 5.06 Å². The first-order valence-electron chi connectivity index (χ1n) is 3.04. The molecule has 0 radical (unpaired) electrons. The van der Waals surface area contributed by atoms with Crippen molar-refractivity contribution in [3.8, 4) is 0 Å². The minimum absolute atomic E-state index is 0.119. The van der Waals surface area contributed by atoms with Gasteiger partial charge < -0.3 is 0 Å². The van der Waals surface area contributed by atoms with E-state index in [1.807, 2.05) is 26.0 Å². The number of hydrogen-bond donors (Lipinski definition) is 1. The van der Waals surface area contributed by atoms with E-state index in [9.17, 15) is 0 Å². The molecule has 1 atom stereocenters. The highest BCUT2D eigenvalue weighted by molar-refractivity contribution is 5.20. The smallest absolute Gasteiger partial charge is 0.0711 e. The Bertz CT molecular complexity index is 160. The number of hydroxylamine groups is 2. The standard InChI is InChI=1S/C7H11NO/c1-6-3-4-7(2)8(9)5-6/h3-5,7,9H,1-2H3. The third kappa shape index (κ3) is 1.33. The van der Waals surface area contributed by atoms with Gasteiger partial charge in [-0.25, -0.2) is 0 Å². The third-order valence-electron chi connectivity index (χ3n) is 1.39. The van der Waals surface area contributed by atoms with Gasteiger partial charge in [0.1, 0.15) is 0 Å². The second-order valence-corrected chi connectivity index (χ2v) is 2.35. The molecule has 1 N–H and O–H groups in total. The predicted octanol–water partition coefficient (Wildman–Crippen LogP) is 1.54. The van der Waals surface area contributed by atoms with Gasteiger partial charge in [0.05, 0.1) is 6.04 Å². The normalized spacial score (nSPS) is 26.3. The summed E-state index contributed by atoms with van der Waals surface area (Å²) < 4.78 is 0. The molecule has 1 unspecified atom stereocenters. The molecule has 0 bridgehead atoms. The lowest BCUT2D eigenvalue weighted by Gasteiger charge is -2.21. The van der Waals surface area contributed by atoms with Crippen LogP contribution in [-0.4, -0.2) is 16.3 Å². The Morgan fingerprint density at radius 1 is 1.67 bits per heavy atom. The van der Waals surface area contributed by atoms with Gasteiger partial charge in [-0.05, 0) is 19.4 Å². The van der Waals surface area contributed by atoms with Crippen LogP contribution < -0.4 is 0 Å². The summed E-state index contributed by atoms with van der Waals surface area (Å²) in [5.41, 5.74) is 1.08. The second-order valence-electron chi connectivity index (χ2n) is 2.35. The van der Waals surface area contributed by atoms with Gasteiger partial charge in [-0.15, -0.1) is 0 Å². The molecule has 0 spiro atoms. The Morgan fingerprint density at radius 3 is 2.78 bits per heavy atom. The lowest BCUT2D eigenvalue weighted by molar-refractivity contribution is -0.0611. The van der Waals surface area contributed by atoms with E-state index >= 15 is 0 Å². The van der Waals surface area contributed by atoms with Crippen molar-refractivity contribution in [2.45, 2.75) is 19.9 Å². The number of allylic oxidation sites excluding steroid dienone is 2. The van der Waals surface area contributed by atoms with Crippen LogP contribution in [0.3, 0.4) is 0 Å². The Morgan fingerprint density at radius 2 is 2.33 bits per heavy atom. The number of rotatable bonds is 0. The lowest BCUT2D eigenvalue weighted by Crippen LogP contribution is -2.24. The van der Waals surface area contributed by atoms with Crippen molar-refractivity contribution in [2.24, 2.45) is 0 Å². The van der Waals surface area contributed by atoms with E-state index in [0.717, 1.165) is 5.57 Å². The molecule has 0 amide bonds. The molecule has 0 fully saturated rings. The SMILES string of the molecule is CC1=CN(O)C(C)C=C1. The van der Waals surface area contributed by atoms with E-state index < -0.39 is 0 Å². The second kappa shape index (κ2) is 2.23. The third-order valence-corrected chi connectivity index (χ3v) is 1.39. The average molecular weight is 125 g/mol. The minimum Gasteiger partial charge on any atom is -0.288 e.